The van der Waals surface area contributed by atoms with E-state index in [1.165, 1.54) is 16.9 Å². The van der Waals surface area contributed by atoms with Gasteiger partial charge in [0.25, 0.3) is 0 Å². The van der Waals surface area contributed by atoms with Crippen molar-refractivity contribution in [3.63, 3.8) is 0 Å². The molecular formula is C14H13ClN2O3. The Morgan fingerprint density at radius 1 is 1.40 bits per heavy atom. The Morgan fingerprint density at radius 2 is 2.15 bits per heavy atom. The van der Waals surface area contributed by atoms with Gasteiger partial charge in [-0.2, -0.15) is 5.10 Å². The van der Waals surface area contributed by atoms with Crippen LogP contribution in [-0.2, 0) is 4.74 Å². The highest BCUT2D eigenvalue weighted by Gasteiger charge is 2.15. The first kappa shape index (κ1) is 14.3. The molecule has 0 bridgehead atoms. The number of rotatable bonds is 3. The van der Waals surface area contributed by atoms with Gasteiger partial charge in [0.2, 0.25) is 11.1 Å². The van der Waals surface area contributed by atoms with Crippen molar-refractivity contribution >= 4 is 17.6 Å². The second-order valence-corrected chi connectivity index (χ2v) is 4.56. The summed E-state index contributed by atoms with van der Waals surface area (Å²) in [6.45, 7) is 3.76. The second kappa shape index (κ2) is 5.88. The lowest BCUT2D eigenvalue weighted by Crippen LogP contribution is -2.22. The summed E-state index contributed by atoms with van der Waals surface area (Å²) in [5.41, 5.74) is 0.849. The largest absolute Gasteiger partial charge is 0.461 e. The number of hydrogen-bond donors (Lipinski definition) is 0. The Bertz CT molecular complexity index is 710. The third kappa shape index (κ3) is 2.88. The molecule has 1 aromatic heterocycles. The van der Waals surface area contributed by atoms with E-state index in [2.05, 4.69) is 5.10 Å². The molecule has 0 unspecified atom stereocenters. The quantitative estimate of drug-likeness (QED) is 0.815. The van der Waals surface area contributed by atoms with Crippen molar-refractivity contribution in [2.45, 2.75) is 13.8 Å². The summed E-state index contributed by atoms with van der Waals surface area (Å²) in [7, 11) is 0. The molecular weight excluding hydrogens is 280 g/mol. The van der Waals surface area contributed by atoms with Gasteiger partial charge in [0.15, 0.2) is 0 Å². The van der Waals surface area contributed by atoms with E-state index in [4.69, 9.17) is 16.3 Å². The van der Waals surface area contributed by atoms with E-state index in [1.807, 2.05) is 13.0 Å². The van der Waals surface area contributed by atoms with Gasteiger partial charge in [-0.15, -0.1) is 0 Å². The molecule has 2 aromatic rings. The molecule has 1 heterocycles. The monoisotopic (exact) mass is 292 g/mol. The molecule has 0 aliphatic carbocycles. The Balaban J connectivity index is 2.51. The SMILES string of the molecule is CCOC(=O)c1nn(-c2ccc(C)cc2Cl)ccc1=O. The molecule has 0 saturated carbocycles. The van der Waals surface area contributed by atoms with Crippen LogP contribution in [0.15, 0.2) is 35.3 Å². The van der Waals surface area contributed by atoms with Crippen molar-refractivity contribution in [3.8, 4) is 5.69 Å². The van der Waals surface area contributed by atoms with Crippen LogP contribution in [0.1, 0.15) is 23.0 Å². The van der Waals surface area contributed by atoms with Crippen molar-refractivity contribution in [1.29, 1.82) is 0 Å². The third-order valence-electron chi connectivity index (χ3n) is 2.63. The van der Waals surface area contributed by atoms with Crippen molar-refractivity contribution in [2.24, 2.45) is 0 Å². The van der Waals surface area contributed by atoms with Crippen molar-refractivity contribution in [1.82, 2.24) is 9.78 Å². The van der Waals surface area contributed by atoms with Crippen LogP contribution in [0.2, 0.25) is 5.02 Å². The minimum atomic E-state index is -0.741. The highest BCUT2D eigenvalue weighted by atomic mass is 35.5. The lowest BCUT2D eigenvalue weighted by molar-refractivity contribution is 0.0515. The number of esters is 1. The molecule has 0 aliphatic heterocycles. The molecule has 0 spiro atoms. The zero-order chi connectivity index (χ0) is 14.7. The number of aryl methyl sites for hydroxylation is 1. The maximum Gasteiger partial charge on any atom is 0.362 e. The molecule has 2 rings (SSSR count). The van der Waals surface area contributed by atoms with Crippen LogP contribution < -0.4 is 5.43 Å². The average molecular weight is 293 g/mol. The minimum Gasteiger partial charge on any atom is -0.461 e. The fourth-order valence-electron chi connectivity index (χ4n) is 1.68. The molecule has 0 fully saturated rings. The first-order valence-electron chi connectivity index (χ1n) is 6.06. The van der Waals surface area contributed by atoms with Crippen LogP contribution in [-0.4, -0.2) is 22.4 Å². The maximum atomic E-state index is 11.7. The van der Waals surface area contributed by atoms with E-state index in [9.17, 15) is 9.59 Å². The summed E-state index contributed by atoms with van der Waals surface area (Å²) in [5, 5.41) is 4.48. The van der Waals surface area contributed by atoms with Gasteiger partial charge in [-0.25, -0.2) is 9.48 Å². The standard InChI is InChI=1S/C14H13ClN2O3/c1-3-20-14(19)13-12(18)6-7-17(16-13)11-5-4-9(2)8-10(11)15/h4-8H,3H2,1-2H3. The molecule has 104 valence electrons. The van der Waals surface area contributed by atoms with E-state index in [0.29, 0.717) is 10.7 Å². The number of carbonyl (C=O) groups is 1. The summed E-state index contributed by atoms with van der Waals surface area (Å²) >= 11 is 6.14. The van der Waals surface area contributed by atoms with Gasteiger partial charge >= 0.3 is 5.97 Å². The van der Waals surface area contributed by atoms with Gasteiger partial charge in [-0.3, -0.25) is 4.79 Å². The lowest BCUT2D eigenvalue weighted by Gasteiger charge is -2.09. The molecule has 1 aromatic carbocycles. The Hall–Kier alpha value is -2.14. The zero-order valence-corrected chi connectivity index (χ0v) is 11.8. The fraction of sp³-hybridized carbons (Fsp3) is 0.214. The van der Waals surface area contributed by atoms with E-state index >= 15 is 0 Å². The number of nitrogens with zero attached hydrogens (tertiary/aromatic N) is 2. The van der Waals surface area contributed by atoms with Gasteiger partial charge in [0.05, 0.1) is 17.3 Å². The molecule has 0 radical (unpaired) electrons. The van der Waals surface area contributed by atoms with Crippen LogP contribution >= 0.6 is 11.6 Å². The van der Waals surface area contributed by atoms with Gasteiger partial charge in [-0.05, 0) is 31.5 Å². The van der Waals surface area contributed by atoms with E-state index in [0.717, 1.165) is 5.56 Å². The van der Waals surface area contributed by atoms with Crippen molar-refractivity contribution < 1.29 is 9.53 Å². The van der Waals surface area contributed by atoms with Crippen molar-refractivity contribution in [2.75, 3.05) is 6.61 Å². The van der Waals surface area contributed by atoms with Crippen molar-refractivity contribution in [3.05, 3.63) is 57.0 Å². The van der Waals surface area contributed by atoms with Gasteiger partial charge < -0.3 is 4.74 Å². The minimum absolute atomic E-state index is 0.181. The lowest BCUT2D eigenvalue weighted by atomic mass is 10.2. The normalized spacial score (nSPS) is 10.3. The molecule has 0 aliphatic rings. The molecule has 0 atom stereocenters. The summed E-state index contributed by atoms with van der Waals surface area (Å²) in [4.78, 5) is 23.3. The summed E-state index contributed by atoms with van der Waals surface area (Å²) in [6.07, 6.45) is 1.46. The highest BCUT2D eigenvalue weighted by molar-refractivity contribution is 6.32. The summed E-state index contributed by atoms with van der Waals surface area (Å²) in [5.74, 6) is -0.741. The number of aromatic nitrogens is 2. The number of halogens is 1. The summed E-state index contributed by atoms with van der Waals surface area (Å²) in [6, 6.07) is 6.67. The van der Waals surface area contributed by atoms with Gasteiger partial charge in [0, 0.05) is 12.3 Å². The van der Waals surface area contributed by atoms with Gasteiger partial charge in [0.1, 0.15) is 0 Å². The van der Waals surface area contributed by atoms with E-state index in [1.54, 1.807) is 19.1 Å². The number of hydrogen-bond acceptors (Lipinski definition) is 4. The van der Waals surface area contributed by atoms with Gasteiger partial charge in [-0.1, -0.05) is 17.7 Å². The molecule has 5 nitrogen and oxygen atoms in total. The average Bonchev–Trinajstić information content (AvgIpc) is 2.40. The van der Waals surface area contributed by atoms with Crippen LogP contribution in [0.25, 0.3) is 5.69 Å². The Morgan fingerprint density at radius 3 is 2.80 bits per heavy atom. The smallest absolute Gasteiger partial charge is 0.362 e. The maximum absolute atomic E-state index is 11.7. The molecule has 20 heavy (non-hydrogen) atoms. The zero-order valence-electron chi connectivity index (χ0n) is 11.1. The van der Waals surface area contributed by atoms with E-state index in [-0.39, 0.29) is 12.3 Å². The molecule has 6 heteroatoms. The molecule has 0 amide bonds. The number of carbonyl (C=O) groups excluding carboxylic acids is 1. The molecule has 0 N–H and O–H groups in total. The predicted octanol–water partition coefficient (Wildman–Crippen LogP) is 2.37. The second-order valence-electron chi connectivity index (χ2n) is 4.15. The van der Waals surface area contributed by atoms with Crippen LogP contribution in [0.4, 0.5) is 0 Å². The topological polar surface area (TPSA) is 61.2 Å². The third-order valence-corrected chi connectivity index (χ3v) is 2.93. The van der Waals surface area contributed by atoms with Crippen LogP contribution in [0, 0.1) is 6.92 Å². The first-order valence-corrected chi connectivity index (χ1v) is 6.44. The first-order chi connectivity index (χ1) is 9.52. The predicted molar refractivity (Wildman–Crippen MR) is 75.5 cm³/mol. The highest BCUT2D eigenvalue weighted by Crippen LogP contribution is 2.20. The van der Waals surface area contributed by atoms with E-state index < -0.39 is 11.4 Å². The fourth-order valence-corrected chi connectivity index (χ4v) is 2.00. The number of benzene rings is 1. The summed E-state index contributed by atoms with van der Waals surface area (Å²) < 4.78 is 6.19. The molecule has 0 saturated heterocycles. The Labute approximate surface area is 120 Å². The number of ether oxygens (including phenoxy) is 1. The van der Waals surface area contributed by atoms with Crippen LogP contribution in [0.3, 0.4) is 0 Å². The van der Waals surface area contributed by atoms with Crippen LogP contribution in [0.5, 0.6) is 0 Å². The Kier molecular flexibility index (Phi) is 4.20.